The van der Waals surface area contributed by atoms with Gasteiger partial charge in [-0.2, -0.15) is 0 Å². The summed E-state index contributed by atoms with van der Waals surface area (Å²) >= 11 is 0. The van der Waals surface area contributed by atoms with Gasteiger partial charge in [0.05, 0.1) is 6.04 Å². The Kier molecular flexibility index (Phi) is 5.45. The van der Waals surface area contributed by atoms with Crippen LogP contribution in [0.3, 0.4) is 0 Å². The van der Waals surface area contributed by atoms with E-state index >= 15 is 0 Å². The second-order valence-electron chi connectivity index (χ2n) is 8.27. The molecule has 1 N–H and O–H groups in total. The summed E-state index contributed by atoms with van der Waals surface area (Å²) in [6.07, 6.45) is 0. The molecular weight excluding hydrogens is 370 g/mol. The molecule has 1 aliphatic heterocycles. The second-order valence-corrected chi connectivity index (χ2v) is 8.27. The maximum absolute atomic E-state index is 13.1. The first-order valence-electron chi connectivity index (χ1n) is 10.4. The van der Waals surface area contributed by atoms with Crippen molar-refractivity contribution >= 4 is 11.5 Å². The van der Waals surface area contributed by atoms with E-state index < -0.39 is 0 Å². The molecule has 152 valence electrons. The molecule has 3 aromatic rings. The fourth-order valence-electron chi connectivity index (χ4n) is 4.03. The predicted molar refractivity (Wildman–Crippen MR) is 121 cm³/mol. The van der Waals surface area contributed by atoms with Gasteiger partial charge in [0.1, 0.15) is 0 Å². The molecule has 30 heavy (non-hydrogen) atoms. The van der Waals surface area contributed by atoms with Gasteiger partial charge in [-0.25, -0.2) is 0 Å². The van der Waals surface area contributed by atoms with Crippen LogP contribution in [0.4, 0.5) is 0 Å². The third-order valence-electron chi connectivity index (χ3n) is 5.78. The molecule has 4 rings (SSSR count). The summed E-state index contributed by atoms with van der Waals surface area (Å²) in [5, 5.41) is 10.9. The van der Waals surface area contributed by atoms with E-state index in [1.807, 2.05) is 61.5 Å². The minimum absolute atomic E-state index is 0.161. The van der Waals surface area contributed by atoms with Crippen molar-refractivity contribution in [3.63, 3.8) is 0 Å². The summed E-state index contributed by atoms with van der Waals surface area (Å²) in [5.74, 6) is -0.0518. The Bertz CT molecular complexity index is 1060. The maximum atomic E-state index is 13.1. The summed E-state index contributed by atoms with van der Waals surface area (Å²) in [4.78, 5) is 14.9. The van der Waals surface area contributed by atoms with Crippen LogP contribution in [-0.4, -0.2) is 15.9 Å². The average Bonchev–Trinajstić information content (AvgIpc) is 3.01. The molecule has 3 aromatic carbocycles. The topological polar surface area (TPSA) is 40.5 Å². The molecule has 1 aliphatic rings. The Morgan fingerprint density at radius 1 is 0.900 bits per heavy atom. The summed E-state index contributed by atoms with van der Waals surface area (Å²) in [6, 6.07) is 25.9. The average molecular weight is 398 g/mol. The number of carbonyl (C=O) groups is 1. The zero-order chi connectivity index (χ0) is 21.3. The molecule has 3 nitrogen and oxygen atoms in total. The van der Waals surface area contributed by atoms with Crippen LogP contribution >= 0.6 is 0 Å². The Morgan fingerprint density at radius 2 is 1.53 bits per heavy atom. The third kappa shape index (κ3) is 3.76. The van der Waals surface area contributed by atoms with Crippen molar-refractivity contribution in [1.29, 1.82) is 0 Å². The van der Waals surface area contributed by atoms with E-state index in [-0.39, 0.29) is 17.7 Å². The number of hydrogen-bond donors (Lipinski definition) is 1. The number of nitrogens with zero attached hydrogens (tertiary/aromatic N) is 1. The molecule has 0 saturated carbocycles. The van der Waals surface area contributed by atoms with Crippen molar-refractivity contribution in [3.8, 4) is 0 Å². The monoisotopic (exact) mass is 397 g/mol. The molecule has 0 saturated heterocycles. The van der Waals surface area contributed by atoms with Gasteiger partial charge in [-0.1, -0.05) is 98.3 Å². The van der Waals surface area contributed by atoms with Crippen LogP contribution in [0, 0.1) is 6.92 Å². The van der Waals surface area contributed by atoms with Gasteiger partial charge in [0.2, 0.25) is 0 Å². The Balaban J connectivity index is 1.78. The highest BCUT2D eigenvalue weighted by Gasteiger charge is 2.40. The van der Waals surface area contributed by atoms with Crippen LogP contribution in [0.2, 0.25) is 0 Å². The zero-order valence-electron chi connectivity index (χ0n) is 17.7. The van der Waals surface area contributed by atoms with Crippen molar-refractivity contribution in [2.75, 3.05) is 0 Å². The largest absolute Gasteiger partial charge is 0.503 e. The first-order chi connectivity index (χ1) is 14.5. The smallest absolute Gasteiger partial charge is 0.290 e. The van der Waals surface area contributed by atoms with Crippen LogP contribution in [0.15, 0.2) is 84.6 Å². The van der Waals surface area contributed by atoms with Crippen LogP contribution in [-0.2, 0) is 11.3 Å². The molecule has 0 bridgehead atoms. The quantitative estimate of drug-likeness (QED) is 0.559. The predicted octanol–water partition coefficient (Wildman–Crippen LogP) is 6.17. The summed E-state index contributed by atoms with van der Waals surface area (Å²) in [5.41, 5.74) is 6.02. The number of amides is 1. The van der Waals surface area contributed by atoms with Gasteiger partial charge in [-0.15, -0.1) is 0 Å². The normalized spacial score (nSPS) is 16.6. The number of aryl methyl sites for hydroxylation is 1. The van der Waals surface area contributed by atoms with Gasteiger partial charge in [0.25, 0.3) is 5.91 Å². The van der Waals surface area contributed by atoms with Crippen LogP contribution in [0.25, 0.3) is 5.57 Å². The van der Waals surface area contributed by atoms with Gasteiger partial charge < -0.3 is 10.0 Å². The summed E-state index contributed by atoms with van der Waals surface area (Å²) in [7, 11) is 0. The van der Waals surface area contributed by atoms with Crippen molar-refractivity contribution in [2.24, 2.45) is 0 Å². The summed E-state index contributed by atoms with van der Waals surface area (Å²) < 4.78 is 0. The van der Waals surface area contributed by atoms with Crippen molar-refractivity contribution in [1.82, 2.24) is 4.90 Å². The number of carbonyl (C=O) groups excluding carboxylic acids is 1. The fourth-order valence-corrected chi connectivity index (χ4v) is 4.03. The molecule has 0 radical (unpaired) electrons. The molecule has 0 spiro atoms. The molecule has 1 atom stereocenters. The molecule has 0 aromatic heterocycles. The van der Waals surface area contributed by atoms with E-state index in [2.05, 4.69) is 38.1 Å². The Morgan fingerprint density at radius 3 is 2.13 bits per heavy atom. The highest BCUT2D eigenvalue weighted by molar-refractivity contribution is 6.05. The van der Waals surface area contributed by atoms with E-state index in [0.717, 1.165) is 16.7 Å². The standard InChI is InChI=1S/C27H27NO2/c1-18(2)21-13-15-23(16-14-21)25-24(22-7-5-4-6-8-22)26(29)27(30)28(25)17-20-11-9-19(3)10-12-20/h4-16,18,25,29H,17H2,1-3H3. The highest BCUT2D eigenvalue weighted by Crippen LogP contribution is 2.43. The second kappa shape index (κ2) is 8.19. The molecule has 1 amide bonds. The van der Waals surface area contributed by atoms with Crippen LogP contribution < -0.4 is 0 Å². The van der Waals surface area contributed by atoms with E-state index in [9.17, 15) is 9.90 Å². The molecule has 3 heteroatoms. The SMILES string of the molecule is Cc1ccc(CN2C(=O)C(O)=C(c3ccccc3)C2c2ccc(C(C)C)cc2)cc1. The lowest BCUT2D eigenvalue weighted by Crippen LogP contribution is -2.29. The van der Waals surface area contributed by atoms with E-state index in [1.165, 1.54) is 11.1 Å². The fraction of sp³-hybridized carbons (Fsp3) is 0.222. The minimum atomic E-state index is -0.331. The molecule has 0 aliphatic carbocycles. The lowest BCUT2D eigenvalue weighted by molar-refractivity contribution is -0.130. The number of hydrogen-bond acceptors (Lipinski definition) is 2. The van der Waals surface area contributed by atoms with Crippen LogP contribution in [0.1, 0.15) is 53.6 Å². The Hall–Kier alpha value is -3.33. The Labute approximate surface area is 178 Å². The highest BCUT2D eigenvalue weighted by atomic mass is 16.3. The van der Waals surface area contributed by atoms with Crippen LogP contribution in [0.5, 0.6) is 0 Å². The molecule has 1 heterocycles. The van der Waals surface area contributed by atoms with Gasteiger partial charge >= 0.3 is 0 Å². The molecular formula is C27H27NO2. The molecule has 1 unspecified atom stereocenters. The van der Waals surface area contributed by atoms with Gasteiger partial charge in [-0.05, 0) is 35.1 Å². The van der Waals surface area contributed by atoms with Gasteiger partial charge in [-0.3, -0.25) is 4.79 Å². The zero-order valence-corrected chi connectivity index (χ0v) is 17.7. The van der Waals surface area contributed by atoms with Crippen molar-refractivity contribution in [2.45, 2.75) is 39.3 Å². The van der Waals surface area contributed by atoms with E-state index in [4.69, 9.17) is 0 Å². The van der Waals surface area contributed by atoms with Gasteiger partial charge in [0, 0.05) is 12.1 Å². The maximum Gasteiger partial charge on any atom is 0.290 e. The third-order valence-corrected chi connectivity index (χ3v) is 5.78. The molecule has 0 fully saturated rings. The summed E-state index contributed by atoms with van der Waals surface area (Å²) in [6.45, 7) is 6.82. The van der Waals surface area contributed by atoms with Crippen molar-refractivity contribution in [3.05, 3.63) is 112 Å². The number of benzene rings is 3. The lowest BCUT2D eigenvalue weighted by Gasteiger charge is -2.28. The number of aliphatic hydroxyl groups is 1. The minimum Gasteiger partial charge on any atom is -0.503 e. The number of aliphatic hydroxyl groups excluding tert-OH is 1. The van der Waals surface area contributed by atoms with E-state index in [0.29, 0.717) is 18.0 Å². The van der Waals surface area contributed by atoms with E-state index in [1.54, 1.807) is 4.90 Å². The number of rotatable bonds is 5. The van der Waals surface area contributed by atoms with Gasteiger partial charge in [0.15, 0.2) is 5.76 Å². The first kappa shape index (κ1) is 20.0. The van der Waals surface area contributed by atoms with Crippen molar-refractivity contribution < 1.29 is 9.90 Å². The first-order valence-corrected chi connectivity index (χ1v) is 10.4. The lowest BCUT2D eigenvalue weighted by atomic mass is 9.91.